The van der Waals surface area contributed by atoms with Gasteiger partial charge in [-0.1, -0.05) is 12.1 Å². The molecular formula is C13H17NO3. The monoisotopic (exact) mass is 235 g/mol. The van der Waals surface area contributed by atoms with Crippen molar-refractivity contribution in [2.24, 2.45) is 5.92 Å². The van der Waals surface area contributed by atoms with E-state index in [2.05, 4.69) is 5.32 Å². The fourth-order valence-corrected chi connectivity index (χ4v) is 2.04. The molecule has 2 rings (SSSR count). The lowest BCUT2D eigenvalue weighted by Gasteiger charge is -2.35. The first kappa shape index (κ1) is 11.8. The fraction of sp³-hybridized carbons (Fsp3) is 0.462. The number of carbonyl (C=O) groups is 1. The summed E-state index contributed by atoms with van der Waals surface area (Å²) in [5, 5.41) is 12.2. The molecule has 4 nitrogen and oxygen atoms in total. The number of nitrogens with one attached hydrogen (secondary N) is 1. The van der Waals surface area contributed by atoms with E-state index >= 15 is 0 Å². The average Bonchev–Trinajstić information content (AvgIpc) is 2.26. The molecule has 2 N–H and O–H groups in total. The highest BCUT2D eigenvalue weighted by atomic mass is 16.5. The van der Waals surface area contributed by atoms with Gasteiger partial charge in [-0.05, 0) is 31.9 Å². The molecule has 4 heteroatoms. The van der Waals surface area contributed by atoms with Gasteiger partial charge in [0.15, 0.2) is 0 Å². The number of ether oxygens (including phenoxy) is 1. The Morgan fingerprint density at radius 2 is 2.24 bits per heavy atom. The molecule has 1 aliphatic rings. The standard InChI is InChI=1S/C13H17NO3/c1-2-17-12-6-4-3-5-11(12)14-10-8-7-9(10)13(15)16/h3-6,9-10,14H,2,7-8H2,1H3,(H,15,16). The van der Waals surface area contributed by atoms with Crippen LogP contribution in [0.25, 0.3) is 0 Å². The van der Waals surface area contributed by atoms with Crippen LogP contribution < -0.4 is 10.1 Å². The lowest BCUT2D eigenvalue weighted by molar-refractivity contribution is -0.144. The Balaban J connectivity index is 2.05. The van der Waals surface area contributed by atoms with Crippen molar-refractivity contribution in [1.82, 2.24) is 0 Å². The van der Waals surface area contributed by atoms with Crippen LogP contribution in [0.1, 0.15) is 19.8 Å². The van der Waals surface area contributed by atoms with Gasteiger partial charge in [-0.15, -0.1) is 0 Å². The summed E-state index contributed by atoms with van der Waals surface area (Å²) in [6.45, 7) is 2.53. The number of benzene rings is 1. The van der Waals surface area contributed by atoms with Gasteiger partial charge in [0.05, 0.1) is 18.2 Å². The van der Waals surface area contributed by atoms with E-state index in [0.29, 0.717) is 6.61 Å². The largest absolute Gasteiger partial charge is 0.492 e. The SMILES string of the molecule is CCOc1ccccc1NC1CCC1C(=O)O. The first-order valence-electron chi connectivity index (χ1n) is 5.93. The van der Waals surface area contributed by atoms with Crippen molar-refractivity contribution in [2.75, 3.05) is 11.9 Å². The highest BCUT2D eigenvalue weighted by Gasteiger charge is 2.36. The van der Waals surface area contributed by atoms with E-state index in [4.69, 9.17) is 9.84 Å². The van der Waals surface area contributed by atoms with Crippen LogP contribution in [0.3, 0.4) is 0 Å². The fourth-order valence-electron chi connectivity index (χ4n) is 2.04. The quantitative estimate of drug-likeness (QED) is 0.822. The third-order valence-electron chi connectivity index (χ3n) is 3.12. The topological polar surface area (TPSA) is 58.6 Å². The van der Waals surface area contributed by atoms with E-state index in [1.807, 2.05) is 31.2 Å². The van der Waals surface area contributed by atoms with E-state index < -0.39 is 5.97 Å². The van der Waals surface area contributed by atoms with Gasteiger partial charge < -0.3 is 15.2 Å². The lowest BCUT2D eigenvalue weighted by Crippen LogP contribution is -2.43. The molecule has 0 amide bonds. The van der Waals surface area contributed by atoms with Crippen LogP contribution in [-0.2, 0) is 4.79 Å². The van der Waals surface area contributed by atoms with Gasteiger partial charge in [-0.2, -0.15) is 0 Å². The number of hydrogen-bond acceptors (Lipinski definition) is 3. The predicted octanol–water partition coefficient (Wildman–Crippen LogP) is 2.36. The number of carboxylic acid groups (broad SMARTS) is 1. The normalized spacial score (nSPS) is 22.6. The summed E-state index contributed by atoms with van der Waals surface area (Å²) < 4.78 is 5.49. The number of carboxylic acids is 1. The van der Waals surface area contributed by atoms with Crippen LogP contribution in [0.15, 0.2) is 24.3 Å². The minimum Gasteiger partial charge on any atom is -0.492 e. The summed E-state index contributed by atoms with van der Waals surface area (Å²) in [4.78, 5) is 10.9. The van der Waals surface area contributed by atoms with Crippen molar-refractivity contribution in [3.05, 3.63) is 24.3 Å². The molecule has 0 saturated heterocycles. The molecule has 1 saturated carbocycles. The zero-order valence-electron chi connectivity index (χ0n) is 9.85. The molecule has 1 aliphatic carbocycles. The highest BCUT2D eigenvalue weighted by molar-refractivity contribution is 5.73. The molecule has 0 heterocycles. The van der Waals surface area contributed by atoms with Gasteiger partial charge in [0.1, 0.15) is 5.75 Å². The highest BCUT2D eigenvalue weighted by Crippen LogP contribution is 2.33. The van der Waals surface area contributed by atoms with E-state index in [1.54, 1.807) is 0 Å². The zero-order chi connectivity index (χ0) is 12.3. The van der Waals surface area contributed by atoms with Gasteiger partial charge in [0.25, 0.3) is 0 Å². The summed E-state index contributed by atoms with van der Waals surface area (Å²) in [6.07, 6.45) is 1.65. The van der Waals surface area contributed by atoms with Gasteiger partial charge >= 0.3 is 5.97 Å². The molecule has 0 aliphatic heterocycles. The third kappa shape index (κ3) is 2.52. The Morgan fingerprint density at radius 1 is 1.47 bits per heavy atom. The van der Waals surface area contributed by atoms with Crippen LogP contribution in [0.2, 0.25) is 0 Å². The molecule has 0 spiro atoms. The summed E-state index contributed by atoms with van der Waals surface area (Å²) in [6, 6.07) is 7.65. The third-order valence-corrected chi connectivity index (χ3v) is 3.12. The van der Waals surface area contributed by atoms with Crippen molar-refractivity contribution >= 4 is 11.7 Å². The number of aliphatic carboxylic acids is 1. The molecular weight excluding hydrogens is 218 g/mol. The maximum absolute atomic E-state index is 10.9. The number of para-hydroxylation sites is 2. The van der Waals surface area contributed by atoms with Crippen LogP contribution in [0.5, 0.6) is 5.75 Å². The van der Waals surface area contributed by atoms with E-state index in [0.717, 1.165) is 24.3 Å². The first-order chi connectivity index (χ1) is 8.22. The maximum Gasteiger partial charge on any atom is 0.308 e. The number of anilines is 1. The molecule has 2 atom stereocenters. The van der Waals surface area contributed by atoms with Gasteiger partial charge in [0.2, 0.25) is 0 Å². The second-order valence-electron chi connectivity index (χ2n) is 4.20. The van der Waals surface area contributed by atoms with Crippen molar-refractivity contribution in [2.45, 2.75) is 25.8 Å². The summed E-state index contributed by atoms with van der Waals surface area (Å²) >= 11 is 0. The summed E-state index contributed by atoms with van der Waals surface area (Å²) in [5.74, 6) is -0.210. The number of hydrogen-bond donors (Lipinski definition) is 2. The Labute approximate surface area is 101 Å². The van der Waals surface area contributed by atoms with Crippen molar-refractivity contribution in [3.8, 4) is 5.75 Å². The lowest BCUT2D eigenvalue weighted by atomic mass is 9.79. The molecule has 17 heavy (non-hydrogen) atoms. The average molecular weight is 235 g/mol. The van der Waals surface area contributed by atoms with Crippen molar-refractivity contribution in [1.29, 1.82) is 0 Å². The molecule has 1 fully saturated rings. The molecule has 1 aromatic carbocycles. The first-order valence-corrected chi connectivity index (χ1v) is 5.93. The van der Waals surface area contributed by atoms with Gasteiger partial charge in [-0.25, -0.2) is 0 Å². The minimum atomic E-state index is -0.720. The molecule has 2 unspecified atom stereocenters. The Hall–Kier alpha value is -1.71. The van der Waals surface area contributed by atoms with Crippen molar-refractivity contribution < 1.29 is 14.6 Å². The Kier molecular flexibility index (Phi) is 3.52. The molecule has 1 aromatic rings. The molecule has 0 radical (unpaired) electrons. The smallest absolute Gasteiger partial charge is 0.308 e. The second kappa shape index (κ2) is 5.08. The minimum absolute atomic E-state index is 0.0223. The van der Waals surface area contributed by atoms with Crippen LogP contribution in [0, 0.1) is 5.92 Å². The maximum atomic E-state index is 10.9. The second-order valence-corrected chi connectivity index (χ2v) is 4.20. The van der Waals surface area contributed by atoms with Crippen LogP contribution in [0.4, 0.5) is 5.69 Å². The molecule has 92 valence electrons. The molecule has 0 bridgehead atoms. The molecule has 0 aromatic heterocycles. The summed E-state index contributed by atoms with van der Waals surface area (Å²) in [7, 11) is 0. The van der Waals surface area contributed by atoms with Gasteiger partial charge in [0, 0.05) is 6.04 Å². The van der Waals surface area contributed by atoms with Crippen LogP contribution >= 0.6 is 0 Å². The Bertz CT molecular complexity index is 405. The number of rotatable bonds is 5. The van der Waals surface area contributed by atoms with Crippen LogP contribution in [-0.4, -0.2) is 23.7 Å². The van der Waals surface area contributed by atoms with E-state index in [-0.39, 0.29) is 12.0 Å². The summed E-state index contributed by atoms with van der Waals surface area (Å²) in [5.41, 5.74) is 0.880. The van der Waals surface area contributed by atoms with E-state index in [1.165, 1.54) is 0 Å². The zero-order valence-corrected chi connectivity index (χ0v) is 9.85. The Morgan fingerprint density at radius 3 is 2.82 bits per heavy atom. The van der Waals surface area contributed by atoms with Crippen molar-refractivity contribution in [3.63, 3.8) is 0 Å². The predicted molar refractivity (Wildman–Crippen MR) is 65.4 cm³/mol. The van der Waals surface area contributed by atoms with Gasteiger partial charge in [-0.3, -0.25) is 4.79 Å². The van der Waals surface area contributed by atoms with E-state index in [9.17, 15) is 4.79 Å².